The summed E-state index contributed by atoms with van der Waals surface area (Å²) in [6.07, 6.45) is -5.16. The lowest BCUT2D eigenvalue weighted by Gasteiger charge is -2.19. The summed E-state index contributed by atoms with van der Waals surface area (Å²) in [5.74, 6) is 0.551. The minimum absolute atomic E-state index is 0.480. The molecule has 0 heterocycles. The summed E-state index contributed by atoms with van der Waals surface area (Å²) in [7, 11) is 1.48. The number of carbonyl (C=O) groups is 1. The number of hydrogen-bond acceptors (Lipinski definition) is 3. The first-order chi connectivity index (χ1) is 9.37. The van der Waals surface area contributed by atoms with Crippen LogP contribution in [-0.2, 0) is 4.74 Å². The molecule has 4 nitrogen and oxygen atoms in total. The van der Waals surface area contributed by atoms with Crippen molar-refractivity contribution >= 4 is 6.09 Å². The van der Waals surface area contributed by atoms with Crippen LogP contribution in [0.25, 0.3) is 0 Å². The van der Waals surface area contributed by atoms with Crippen LogP contribution in [0, 0.1) is 0 Å². The topological polar surface area (TPSA) is 47.6 Å². The Morgan fingerprint density at radius 2 is 2.00 bits per heavy atom. The molecule has 1 aromatic carbocycles. The third-order valence-electron chi connectivity index (χ3n) is 2.58. The second-order valence-electron chi connectivity index (χ2n) is 4.04. The molecule has 0 radical (unpaired) electrons. The number of para-hydroxylation sites is 1. The van der Waals surface area contributed by atoms with Crippen LogP contribution in [0.3, 0.4) is 0 Å². The number of benzene rings is 1. The third-order valence-corrected chi connectivity index (χ3v) is 2.58. The molecule has 7 heteroatoms. The van der Waals surface area contributed by atoms with Crippen LogP contribution in [0.1, 0.15) is 24.9 Å². The van der Waals surface area contributed by atoms with Gasteiger partial charge in [-0.3, -0.25) is 0 Å². The second-order valence-corrected chi connectivity index (χ2v) is 4.04. The molecule has 0 spiro atoms. The smallest absolute Gasteiger partial charge is 0.422 e. The number of ether oxygens (including phenoxy) is 2. The molecule has 0 fully saturated rings. The lowest BCUT2D eigenvalue weighted by atomic mass is 10.0. The van der Waals surface area contributed by atoms with Gasteiger partial charge in [0, 0.05) is 5.56 Å². The van der Waals surface area contributed by atoms with Crippen molar-refractivity contribution in [2.24, 2.45) is 0 Å². The van der Waals surface area contributed by atoms with Crippen molar-refractivity contribution in [2.75, 3.05) is 13.7 Å². The Hall–Kier alpha value is -1.92. The minimum Gasteiger partial charge on any atom is -0.496 e. The van der Waals surface area contributed by atoms with E-state index in [9.17, 15) is 18.0 Å². The van der Waals surface area contributed by atoms with Crippen LogP contribution < -0.4 is 10.1 Å². The van der Waals surface area contributed by atoms with Gasteiger partial charge in [-0.15, -0.1) is 0 Å². The summed E-state index contributed by atoms with van der Waals surface area (Å²) in [6, 6.07) is 6.48. The van der Waals surface area contributed by atoms with Crippen molar-refractivity contribution in [1.82, 2.24) is 5.32 Å². The Bertz CT molecular complexity index is 449. The number of nitrogens with one attached hydrogen (secondary N) is 1. The predicted molar refractivity (Wildman–Crippen MR) is 66.6 cm³/mol. The number of carbonyl (C=O) groups excluding carboxylic acids is 1. The summed E-state index contributed by atoms with van der Waals surface area (Å²) in [4.78, 5) is 11.4. The molecule has 20 heavy (non-hydrogen) atoms. The molecule has 0 aliphatic carbocycles. The zero-order chi connectivity index (χ0) is 15.2. The van der Waals surface area contributed by atoms with Gasteiger partial charge in [0.1, 0.15) is 5.75 Å². The van der Waals surface area contributed by atoms with Gasteiger partial charge in [0.15, 0.2) is 6.61 Å². The molecule has 1 unspecified atom stereocenters. The maximum absolute atomic E-state index is 12.0. The molecule has 0 saturated carbocycles. The van der Waals surface area contributed by atoms with Gasteiger partial charge >= 0.3 is 12.3 Å². The maximum atomic E-state index is 12.0. The molecule has 0 aromatic heterocycles. The first-order valence-electron chi connectivity index (χ1n) is 6.00. The fraction of sp³-hybridized carbons (Fsp3) is 0.462. The van der Waals surface area contributed by atoms with Crippen molar-refractivity contribution in [3.63, 3.8) is 0 Å². The molecule has 1 aromatic rings. The molecular weight excluding hydrogens is 275 g/mol. The SMILES string of the molecule is CCC(NC(=O)OCC(F)(F)F)c1ccccc1OC. The highest BCUT2D eigenvalue weighted by Gasteiger charge is 2.30. The van der Waals surface area contributed by atoms with Gasteiger partial charge in [-0.05, 0) is 12.5 Å². The van der Waals surface area contributed by atoms with Crippen LogP contribution in [0.4, 0.5) is 18.0 Å². The van der Waals surface area contributed by atoms with E-state index in [-0.39, 0.29) is 0 Å². The Balaban J connectivity index is 2.70. The normalized spacial score (nSPS) is 12.7. The fourth-order valence-electron chi connectivity index (χ4n) is 1.69. The highest BCUT2D eigenvalue weighted by Crippen LogP contribution is 2.27. The van der Waals surface area contributed by atoms with Crippen LogP contribution in [-0.4, -0.2) is 26.0 Å². The summed E-state index contributed by atoms with van der Waals surface area (Å²) in [5.41, 5.74) is 0.682. The standard InChI is InChI=1S/C13H16F3NO3/c1-3-10(9-6-4-5-7-11(9)19-2)17-12(18)20-8-13(14,15)16/h4-7,10H,3,8H2,1-2H3,(H,17,18). The predicted octanol–water partition coefficient (Wildman–Crippen LogP) is 3.43. The van der Waals surface area contributed by atoms with E-state index in [4.69, 9.17) is 4.74 Å². The molecule has 112 valence electrons. The molecule has 1 rings (SSSR count). The zero-order valence-electron chi connectivity index (χ0n) is 11.2. The minimum atomic E-state index is -4.54. The maximum Gasteiger partial charge on any atom is 0.422 e. The van der Waals surface area contributed by atoms with Crippen molar-refractivity contribution in [1.29, 1.82) is 0 Å². The summed E-state index contributed by atoms with van der Waals surface area (Å²) < 4.78 is 45.1. The van der Waals surface area contributed by atoms with E-state index in [0.717, 1.165) is 0 Å². The number of rotatable bonds is 5. The van der Waals surface area contributed by atoms with Crippen LogP contribution >= 0.6 is 0 Å². The zero-order valence-corrected chi connectivity index (χ0v) is 11.2. The number of methoxy groups -OCH3 is 1. The lowest BCUT2D eigenvalue weighted by molar-refractivity contribution is -0.160. The molecule has 1 N–H and O–H groups in total. The highest BCUT2D eigenvalue weighted by molar-refractivity contribution is 5.68. The molecular formula is C13H16F3NO3. The summed E-state index contributed by atoms with van der Waals surface area (Å²) >= 11 is 0. The van der Waals surface area contributed by atoms with E-state index in [0.29, 0.717) is 17.7 Å². The van der Waals surface area contributed by atoms with E-state index in [1.54, 1.807) is 31.2 Å². The lowest BCUT2D eigenvalue weighted by Crippen LogP contribution is -2.32. The Labute approximate surface area is 114 Å². The summed E-state index contributed by atoms with van der Waals surface area (Å²) in [6.45, 7) is 0.183. The van der Waals surface area contributed by atoms with Gasteiger partial charge in [-0.2, -0.15) is 13.2 Å². The largest absolute Gasteiger partial charge is 0.496 e. The van der Waals surface area contributed by atoms with Gasteiger partial charge in [-0.25, -0.2) is 4.79 Å². The Kier molecular flexibility index (Phi) is 5.66. The van der Waals surface area contributed by atoms with Gasteiger partial charge in [0.05, 0.1) is 13.2 Å². The van der Waals surface area contributed by atoms with E-state index < -0.39 is 24.9 Å². The Morgan fingerprint density at radius 3 is 2.55 bits per heavy atom. The van der Waals surface area contributed by atoms with Gasteiger partial charge in [0.25, 0.3) is 0 Å². The number of amides is 1. The van der Waals surface area contributed by atoms with Crippen molar-refractivity contribution in [3.8, 4) is 5.75 Å². The quantitative estimate of drug-likeness (QED) is 0.904. The van der Waals surface area contributed by atoms with Crippen molar-refractivity contribution < 1.29 is 27.4 Å². The van der Waals surface area contributed by atoms with Crippen LogP contribution in [0.15, 0.2) is 24.3 Å². The fourth-order valence-corrected chi connectivity index (χ4v) is 1.69. The number of halogens is 3. The monoisotopic (exact) mass is 291 g/mol. The van der Waals surface area contributed by atoms with Crippen LogP contribution in [0.2, 0.25) is 0 Å². The van der Waals surface area contributed by atoms with E-state index in [1.807, 2.05) is 0 Å². The van der Waals surface area contributed by atoms with E-state index >= 15 is 0 Å². The number of alkyl carbamates (subject to hydrolysis) is 1. The molecule has 0 saturated heterocycles. The average molecular weight is 291 g/mol. The summed E-state index contributed by atoms with van der Waals surface area (Å²) in [5, 5.41) is 2.39. The molecule has 1 atom stereocenters. The average Bonchev–Trinajstić information content (AvgIpc) is 2.41. The number of alkyl halides is 3. The van der Waals surface area contributed by atoms with Gasteiger partial charge < -0.3 is 14.8 Å². The van der Waals surface area contributed by atoms with E-state index in [1.165, 1.54) is 7.11 Å². The molecule has 0 bridgehead atoms. The van der Waals surface area contributed by atoms with Crippen molar-refractivity contribution in [2.45, 2.75) is 25.6 Å². The van der Waals surface area contributed by atoms with E-state index in [2.05, 4.69) is 10.1 Å². The molecule has 0 aliphatic rings. The van der Waals surface area contributed by atoms with Gasteiger partial charge in [0.2, 0.25) is 0 Å². The first kappa shape index (κ1) is 16.1. The molecule has 1 amide bonds. The van der Waals surface area contributed by atoms with Crippen LogP contribution in [0.5, 0.6) is 5.75 Å². The highest BCUT2D eigenvalue weighted by atomic mass is 19.4. The Morgan fingerprint density at radius 1 is 1.35 bits per heavy atom. The molecule has 0 aliphatic heterocycles. The third kappa shape index (κ3) is 4.99. The first-order valence-corrected chi connectivity index (χ1v) is 6.00. The number of hydrogen-bond donors (Lipinski definition) is 1. The van der Waals surface area contributed by atoms with Crippen molar-refractivity contribution in [3.05, 3.63) is 29.8 Å². The van der Waals surface area contributed by atoms with Gasteiger partial charge in [-0.1, -0.05) is 25.1 Å². The second kappa shape index (κ2) is 7.02.